The van der Waals surface area contributed by atoms with Crippen LogP contribution in [0, 0.1) is 0 Å². The Labute approximate surface area is 136 Å². The molecule has 0 spiro atoms. The minimum absolute atomic E-state index is 0.0552. The fraction of sp³-hybridized carbons (Fsp3) is 0.333. The van der Waals surface area contributed by atoms with Gasteiger partial charge in [0, 0.05) is 31.6 Å². The van der Waals surface area contributed by atoms with Gasteiger partial charge in [-0.2, -0.15) is 0 Å². The molecular weight excluding hydrogens is 290 g/mol. The first-order valence-electron chi connectivity index (χ1n) is 7.94. The van der Waals surface area contributed by atoms with E-state index >= 15 is 0 Å². The Morgan fingerprint density at radius 1 is 1.13 bits per heavy atom. The zero-order valence-electron chi connectivity index (χ0n) is 13.1. The molecule has 0 radical (unpaired) electrons. The first-order valence-corrected chi connectivity index (χ1v) is 7.94. The van der Waals surface area contributed by atoms with Crippen LogP contribution in [-0.2, 0) is 11.3 Å². The normalized spacial score (nSPS) is 15.0. The smallest absolute Gasteiger partial charge is 0.256 e. The van der Waals surface area contributed by atoms with E-state index in [2.05, 4.69) is 10.3 Å². The van der Waals surface area contributed by atoms with Crippen LogP contribution in [0.2, 0.25) is 0 Å². The lowest BCUT2D eigenvalue weighted by atomic mass is 10.1. The fourth-order valence-corrected chi connectivity index (χ4v) is 2.63. The minimum atomic E-state index is 0.0552. The summed E-state index contributed by atoms with van der Waals surface area (Å²) in [7, 11) is 0. The number of anilines is 1. The molecular formula is C18H21N3O2. The zero-order chi connectivity index (χ0) is 15.9. The molecule has 1 aliphatic rings. The number of nitrogens with zero attached hydrogens (tertiary/aromatic N) is 2. The van der Waals surface area contributed by atoms with Crippen molar-refractivity contribution in [2.24, 2.45) is 0 Å². The summed E-state index contributed by atoms with van der Waals surface area (Å²) in [6, 6.07) is 13.4. The molecule has 0 aliphatic carbocycles. The first-order chi connectivity index (χ1) is 11.3. The largest absolute Gasteiger partial charge is 0.380 e. The SMILES string of the molecule is O=C(c1ccccc1NCc1ccccn1)N1CCCOCC1. The van der Waals surface area contributed by atoms with Crippen molar-refractivity contribution in [2.75, 3.05) is 31.6 Å². The quantitative estimate of drug-likeness (QED) is 0.943. The number of carbonyl (C=O) groups excluding carboxylic acids is 1. The van der Waals surface area contributed by atoms with Crippen molar-refractivity contribution in [3.05, 3.63) is 59.9 Å². The molecule has 1 fully saturated rings. The van der Waals surface area contributed by atoms with Gasteiger partial charge in [-0.05, 0) is 30.7 Å². The molecule has 1 aromatic heterocycles. The van der Waals surface area contributed by atoms with E-state index in [4.69, 9.17) is 4.74 Å². The van der Waals surface area contributed by atoms with Gasteiger partial charge < -0.3 is 15.0 Å². The number of ether oxygens (including phenoxy) is 1. The van der Waals surface area contributed by atoms with Crippen LogP contribution >= 0.6 is 0 Å². The van der Waals surface area contributed by atoms with Gasteiger partial charge in [0.25, 0.3) is 5.91 Å². The number of benzene rings is 1. The Bertz CT molecular complexity index is 638. The highest BCUT2D eigenvalue weighted by Crippen LogP contribution is 2.19. The second-order valence-electron chi connectivity index (χ2n) is 5.48. The summed E-state index contributed by atoms with van der Waals surface area (Å²) in [4.78, 5) is 19.0. The third kappa shape index (κ3) is 4.07. The summed E-state index contributed by atoms with van der Waals surface area (Å²) >= 11 is 0. The number of carbonyl (C=O) groups is 1. The Morgan fingerprint density at radius 2 is 2.00 bits per heavy atom. The van der Waals surface area contributed by atoms with Gasteiger partial charge in [0.05, 0.1) is 24.4 Å². The maximum atomic E-state index is 12.8. The summed E-state index contributed by atoms with van der Waals surface area (Å²) < 4.78 is 5.43. The molecule has 120 valence electrons. The molecule has 3 rings (SSSR count). The monoisotopic (exact) mass is 311 g/mol. The van der Waals surface area contributed by atoms with Gasteiger partial charge in [-0.3, -0.25) is 9.78 Å². The van der Waals surface area contributed by atoms with E-state index in [0.29, 0.717) is 25.3 Å². The number of pyridine rings is 1. The molecule has 1 N–H and O–H groups in total. The lowest BCUT2D eigenvalue weighted by Crippen LogP contribution is -2.33. The molecule has 5 heteroatoms. The average molecular weight is 311 g/mol. The number of hydrogen-bond donors (Lipinski definition) is 1. The number of amides is 1. The van der Waals surface area contributed by atoms with Gasteiger partial charge in [0.15, 0.2) is 0 Å². The van der Waals surface area contributed by atoms with E-state index in [-0.39, 0.29) is 5.91 Å². The van der Waals surface area contributed by atoms with Crippen LogP contribution in [0.25, 0.3) is 0 Å². The standard InChI is InChI=1S/C18H21N3O2/c22-18(21-10-5-12-23-13-11-21)16-7-1-2-8-17(16)20-14-15-6-3-4-9-19-15/h1-4,6-9,20H,5,10-14H2. The van der Waals surface area contributed by atoms with Crippen molar-refractivity contribution in [3.8, 4) is 0 Å². The second kappa shape index (κ2) is 7.74. The highest BCUT2D eigenvalue weighted by Gasteiger charge is 2.19. The van der Waals surface area contributed by atoms with Crippen LogP contribution in [0.5, 0.6) is 0 Å². The third-order valence-corrected chi connectivity index (χ3v) is 3.85. The van der Waals surface area contributed by atoms with Gasteiger partial charge in [0.2, 0.25) is 0 Å². The van der Waals surface area contributed by atoms with E-state index in [1.54, 1.807) is 6.20 Å². The number of para-hydroxylation sites is 1. The van der Waals surface area contributed by atoms with E-state index in [1.807, 2.05) is 47.4 Å². The lowest BCUT2D eigenvalue weighted by molar-refractivity contribution is 0.0742. The van der Waals surface area contributed by atoms with Crippen LogP contribution in [-0.4, -0.2) is 42.1 Å². The third-order valence-electron chi connectivity index (χ3n) is 3.85. The lowest BCUT2D eigenvalue weighted by Gasteiger charge is -2.21. The van der Waals surface area contributed by atoms with Gasteiger partial charge in [-0.15, -0.1) is 0 Å². The molecule has 1 aromatic carbocycles. The van der Waals surface area contributed by atoms with Crippen LogP contribution in [0.15, 0.2) is 48.7 Å². The van der Waals surface area contributed by atoms with Gasteiger partial charge >= 0.3 is 0 Å². The van der Waals surface area contributed by atoms with Crippen molar-refractivity contribution in [1.29, 1.82) is 0 Å². The predicted molar refractivity (Wildman–Crippen MR) is 89.3 cm³/mol. The Hall–Kier alpha value is -2.40. The van der Waals surface area contributed by atoms with Crippen LogP contribution < -0.4 is 5.32 Å². The van der Waals surface area contributed by atoms with Crippen LogP contribution in [0.4, 0.5) is 5.69 Å². The maximum Gasteiger partial charge on any atom is 0.256 e. The molecule has 5 nitrogen and oxygen atoms in total. The summed E-state index contributed by atoms with van der Waals surface area (Å²) in [5.41, 5.74) is 2.48. The van der Waals surface area contributed by atoms with Gasteiger partial charge in [-0.1, -0.05) is 18.2 Å². The minimum Gasteiger partial charge on any atom is -0.380 e. The van der Waals surface area contributed by atoms with Gasteiger partial charge in [-0.25, -0.2) is 0 Å². The van der Waals surface area contributed by atoms with Crippen LogP contribution in [0.1, 0.15) is 22.5 Å². The predicted octanol–water partition coefficient (Wildman–Crippen LogP) is 2.56. The maximum absolute atomic E-state index is 12.8. The molecule has 23 heavy (non-hydrogen) atoms. The fourth-order valence-electron chi connectivity index (χ4n) is 2.63. The summed E-state index contributed by atoms with van der Waals surface area (Å²) in [6.07, 6.45) is 2.65. The Morgan fingerprint density at radius 3 is 2.87 bits per heavy atom. The van der Waals surface area contributed by atoms with Crippen molar-refractivity contribution in [1.82, 2.24) is 9.88 Å². The number of aromatic nitrogens is 1. The molecule has 1 saturated heterocycles. The van der Waals surface area contributed by atoms with E-state index < -0.39 is 0 Å². The van der Waals surface area contributed by atoms with Crippen molar-refractivity contribution >= 4 is 11.6 Å². The summed E-state index contributed by atoms with van der Waals surface area (Å²) in [5.74, 6) is 0.0552. The molecule has 0 bridgehead atoms. The average Bonchev–Trinajstić information content (AvgIpc) is 2.90. The number of nitrogens with one attached hydrogen (secondary N) is 1. The van der Waals surface area contributed by atoms with Crippen molar-refractivity contribution < 1.29 is 9.53 Å². The topological polar surface area (TPSA) is 54.5 Å². The van der Waals surface area contributed by atoms with Crippen molar-refractivity contribution in [2.45, 2.75) is 13.0 Å². The summed E-state index contributed by atoms with van der Waals surface area (Å²) in [5, 5.41) is 3.32. The van der Waals surface area contributed by atoms with E-state index in [9.17, 15) is 4.79 Å². The van der Waals surface area contributed by atoms with Gasteiger partial charge in [0.1, 0.15) is 0 Å². The highest BCUT2D eigenvalue weighted by atomic mass is 16.5. The first kappa shape index (κ1) is 15.5. The Balaban J connectivity index is 1.73. The Kier molecular flexibility index (Phi) is 5.21. The molecule has 0 unspecified atom stereocenters. The molecule has 0 saturated carbocycles. The van der Waals surface area contributed by atoms with Crippen LogP contribution in [0.3, 0.4) is 0 Å². The molecule has 1 amide bonds. The van der Waals surface area contributed by atoms with E-state index in [0.717, 1.165) is 31.0 Å². The molecule has 2 heterocycles. The molecule has 1 aliphatic heterocycles. The highest BCUT2D eigenvalue weighted by molar-refractivity contribution is 5.99. The molecule has 0 atom stereocenters. The zero-order valence-corrected chi connectivity index (χ0v) is 13.1. The second-order valence-corrected chi connectivity index (χ2v) is 5.48. The molecule has 2 aromatic rings. The van der Waals surface area contributed by atoms with Crippen molar-refractivity contribution in [3.63, 3.8) is 0 Å². The van der Waals surface area contributed by atoms with E-state index in [1.165, 1.54) is 0 Å². The number of hydrogen-bond acceptors (Lipinski definition) is 4. The summed E-state index contributed by atoms with van der Waals surface area (Å²) in [6.45, 7) is 3.31. The number of rotatable bonds is 4.